The number of alkyl halides is 3. The molecule has 1 atom stereocenters. The van der Waals surface area contributed by atoms with Crippen molar-refractivity contribution in [3.05, 3.63) is 70.2 Å². The molecule has 0 spiro atoms. The van der Waals surface area contributed by atoms with Crippen LogP contribution in [-0.2, 0) is 16.8 Å². The Morgan fingerprint density at radius 3 is 2.26 bits per heavy atom. The summed E-state index contributed by atoms with van der Waals surface area (Å²) in [5.74, 6) is -2.49. The molecule has 1 unspecified atom stereocenters. The lowest BCUT2D eigenvalue weighted by Crippen LogP contribution is -2.52. The molecule has 0 saturated carbocycles. The highest BCUT2D eigenvalue weighted by atomic mass is 35.5. The Kier molecular flexibility index (Phi) is 6.28. The summed E-state index contributed by atoms with van der Waals surface area (Å²) in [4.78, 5) is 24.8. The Morgan fingerprint density at radius 1 is 1.07 bits per heavy atom. The number of benzene rings is 2. The molecule has 4 nitrogen and oxygen atoms in total. The molecular formula is C19H17ClF3NO3. The van der Waals surface area contributed by atoms with E-state index in [4.69, 9.17) is 17.3 Å². The van der Waals surface area contributed by atoms with Gasteiger partial charge in [0, 0.05) is 17.0 Å². The maximum Gasteiger partial charge on any atom is 0.389 e. The smallest absolute Gasteiger partial charge is 0.389 e. The Bertz CT molecular complexity index is 840. The molecule has 0 radical (unpaired) electrons. The topological polar surface area (TPSA) is 80.4 Å². The van der Waals surface area contributed by atoms with Crippen LogP contribution >= 0.6 is 11.6 Å². The molecule has 2 rings (SSSR count). The van der Waals surface area contributed by atoms with Crippen LogP contribution in [0, 0.1) is 0 Å². The van der Waals surface area contributed by atoms with Crippen LogP contribution in [0.1, 0.15) is 34.3 Å². The highest BCUT2D eigenvalue weighted by Crippen LogP contribution is 2.31. The van der Waals surface area contributed by atoms with E-state index in [1.807, 2.05) is 0 Å². The summed E-state index contributed by atoms with van der Waals surface area (Å²) < 4.78 is 37.3. The summed E-state index contributed by atoms with van der Waals surface area (Å²) in [7, 11) is 0. The molecule has 144 valence electrons. The largest absolute Gasteiger partial charge is 0.479 e. The molecule has 0 fully saturated rings. The van der Waals surface area contributed by atoms with Crippen LogP contribution in [0.5, 0.6) is 0 Å². The average molecular weight is 400 g/mol. The number of carbonyl (C=O) groups is 2. The summed E-state index contributed by atoms with van der Waals surface area (Å²) in [6, 6.07) is 11.6. The number of nitrogens with two attached hydrogens (primary N) is 1. The van der Waals surface area contributed by atoms with Gasteiger partial charge in [0.05, 0.1) is 0 Å². The van der Waals surface area contributed by atoms with Crippen molar-refractivity contribution in [3.63, 3.8) is 0 Å². The van der Waals surface area contributed by atoms with Crippen molar-refractivity contribution >= 4 is 23.4 Å². The summed E-state index contributed by atoms with van der Waals surface area (Å²) in [5.41, 5.74) is 3.76. The molecular weight excluding hydrogens is 383 g/mol. The number of ketones is 1. The second-order valence-corrected chi connectivity index (χ2v) is 6.51. The van der Waals surface area contributed by atoms with Gasteiger partial charge in [0.1, 0.15) is 0 Å². The first-order chi connectivity index (χ1) is 12.6. The average Bonchev–Trinajstić information content (AvgIpc) is 2.61. The third-order valence-corrected chi connectivity index (χ3v) is 4.37. The van der Waals surface area contributed by atoms with Crippen molar-refractivity contribution in [2.45, 2.75) is 31.0 Å². The molecule has 2 aromatic rings. The number of carboxylic acids is 1. The van der Waals surface area contributed by atoms with E-state index in [1.165, 1.54) is 30.3 Å². The van der Waals surface area contributed by atoms with Crippen molar-refractivity contribution < 1.29 is 27.9 Å². The van der Waals surface area contributed by atoms with Crippen molar-refractivity contribution in [2.75, 3.05) is 0 Å². The van der Waals surface area contributed by atoms with Gasteiger partial charge in [-0.05, 0) is 36.1 Å². The SMILES string of the molecule is NC(C(=O)O)(C(=O)c1ccccc1)c1cc(Cl)ccc1CCCC(F)(F)F. The summed E-state index contributed by atoms with van der Waals surface area (Å²) in [5, 5.41) is 9.85. The molecule has 0 amide bonds. The van der Waals surface area contributed by atoms with Gasteiger partial charge in [-0.15, -0.1) is 0 Å². The van der Waals surface area contributed by atoms with E-state index in [9.17, 15) is 27.9 Å². The molecule has 0 bridgehead atoms. The third-order valence-electron chi connectivity index (χ3n) is 4.13. The van der Waals surface area contributed by atoms with E-state index < -0.39 is 29.9 Å². The second kappa shape index (κ2) is 8.10. The minimum absolute atomic E-state index is 0.0728. The maximum absolute atomic E-state index is 12.9. The van der Waals surface area contributed by atoms with Crippen molar-refractivity contribution in [2.24, 2.45) is 5.73 Å². The number of aliphatic carboxylic acids is 1. The molecule has 2 aromatic carbocycles. The summed E-state index contributed by atoms with van der Waals surface area (Å²) in [6.45, 7) is 0. The van der Waals surface area contributed by atoms with Crippen LogP contribution in [0.2, 0.25) is 5.02 Å². The number of Topliss-reactive ketones (excluding diaryl/α,β-unsaturated/α-hetero) is 1. The minimum atomic E-state index is -4.33. The number of hydrogen-bond donors (Lipinski definition) is 2. The fourth-order valence-electron chi connectivity index (χ4n) is 2.76. The zero-order valence-corrected chi connectivity index (χ0v) is 14.8. The van der Waals surface area contributed by atoms with Crippen LogP contribution < -0.4 is 5.73 Å². The van der Waals surface area contributed by atoms with Crippen LogP contribution in [-0.4, -0.2) is 23.0 Å². The van der Waals surface area contributed by atoms with E-state index in [0.29, 0.717) is 0 Å². The highest BCUT2D eigenvalue weighted by Gasteiger charge is 2.46. The fraction of sp³-hybridized carbons (Fsp3) is 0.263. The van der Waals surface area contributed by atoms with Crippen LogP contribution in [0.4, 0.5) is 13.2 Å². The number of rotatable bonds is 7. The molecule has 3 N–H and O–H groups in total. The molecule has 8 heteroatoms. The van der Waals surface area contributed by atoms with Gasteiger partial charge < -0.3 is 10.8 Å². The predicted molar refractivity (Wildman–Crippen MR) is 94.7 cm³/mol. The normalized spacial score (nSPS) is 13.8. The van der Waals surface area contributed by atoms with Gasteiger partial charge in [0.25, 0.3) is 0 Å². The number of halogens is 4. The van der Waals surface area contributed by atoms with Gasteiger partial charge in [0.15, 0.2) is 5.78 Å². The standard InChI is InChI=1S/C19H17ClF3NO3/c20-14-9-8-12(7-4-10-18(21,22)23)15(11-14)19(24,17(26)27)16(25)13-5-2-1-3-6-13/h1-3,5-6,8-9,11H,4,7,10,24H2,(H,26,27). The number of aryl methyl sites for hydroxylation is 1. The Labute approximate surface area is 158 Å². The van der Waals surface area contributed by atoms with Crippen LogP contribution in [0.3, 0.4) is 0 Å². The molecule has 0 aliphatic carbocycles. The summed E-state index contributed by atoms with van der Waals surface area (Å²) in [6.07, 6.45) is -5.74. The van der Waals surface area contributed by atoms with E-state index in [-0.39, 0.29) is 34.6 Å². The first-order valence-electron chi connectivity index (χ1n) is 8.03. The monoisotopic (exact) mass is 399 g/mol. The zero-order valence-electron chi connectivity index (χ0n) is 14.1. The Balaban J connectivity index is 2.48. The molecule has 0 aliphatic rings. The van der Waals surface area contributed by atoms with E-state index in [2.05, 4.69) is 0 Å². The van der Waals surface area contributed by atoms with E-state index in [1.54, 1.807) is 18.2 Å². The van der Waals surface area contributed by atoms with E-state index >= 15 is 0 Å². The molecule has 0 aromatic heterocycles. The first kappa shape index (κ1) is 20.9. The van der Waals surface area contributed by atoms with Crippen molar-refractivity contribution in [3.8, 4) is 0 Å². The predicted octanol–water partition coefficient (Wildman–Crippen LogP) is 4.35. The molecule has 0 aliphatic heterocycles. The van der Waals surface area contributed by atoms with Gasteiger partial charge in [0.2, 0.25) is 5.54 Å². The molecule has 0 heterocycles. The first-order valence-corrected chi connectivity index (χ1v) is 8.41. The number of carboxylic acid groups (broad SMARTS) is 1. The lowest BCUT2D eigenvalue weighted by atomic mass is 9.80. The number of hydrogen-bond acceptors (Lipinski definition) is 3. The quantitative estimate of drug-likeness (QED) is 0.536. The van der Waals surface area contributed by atoms with Gasteiger partial charge in [-0.3, -0.25) is 4.79 Å². The zero-order chi connectivity index (χ0) is 20.2. The maximum atomic E-state index is 12.9. The van der Waals surface area contributed by atoms with Crippen molar-refractivity contribution in [1.82, 2.24) is 0 Å². The number of carbonyl (C=O) groups excluding carboxylic acids is 1. The Hall–Kier alpha value is -2.38. The lowest BCUT2D eigenvalue weighted by molar-refractivity contribution is -0.142. The third kappa shape index (κ3) is 4.87. The van der Waals surface area contributed by atoms with Gasteiger partial charge in [-0.2, -0.15) is 13.2 Å². The van der Waals surface area contributed by atoms with Crippen molar-refractivity contribution in [1.29, 1.82) is 0 Å². The summed E-state index contributed by atoms with van der Waals surface area (Å²) >= 11 is 5.95. The van der Waals surface area contributed by atoms with Gasteiger partial charge in [-0.1, -0.05) is 48.0 Å². The highest BCUT2D eigenvalue weighted by molar-refractivity contribution is 6.30. The van der Waals surface area contributed by atoms with Crippen LogP contribution in [0.25, 0.3) is 0 Å². The minimum Gasteiger partial charge on any atom is -0.479 e. The molecule has 27 heavy (non-hydrogen) atoms. The van der Waals surface area contributed by atoms with Gasteiger partial charge in [-0.25, -0.2) is 4.79 Å². The fourth-order valence-corrected chi connectivity index (χ4v) is 2.94. The molecule has 0 saturated heterocycles. The van der Waals surface area contributed by atoms with Gasteiger partial charge >= 0.3 is 12.1 Å². The second-order valence-electron chi connectivity index (χ2n) is 6.08. The Morgan fingerprint density at radius 2 is 1.70 bits per heavy atom. The van der Waals surface area contributed by atoms with Crippen LogP contribution in [0.15, 0.2) is 48.5 Å². The lowest BCUT2D eigenvalue weighted by Gasteiger charge is -2.27. The van der Waals surface area contributed by atoms with E-state index in [0.717, 1.165) is 0 Å².